The van der Waals surface area contributed by atoms with Crippen molar-refractivity contribution in [3.05, 3.63) is 78.1 Å². The molecule has 4 N–H and O–H groups in total. The highest BCUT2D eigenvalue weighted by Gasteiger charge is 2.17. The fourth-order valence-corrected chi connectivity index (χ4v) is 3.52. The third kappa shape index (κ3) is 5.51. The van der Waals surface area contributed by atoms with E-state index in [9.17, 15) is 15.2 Å². The second-order valence-corrected chi connectivity index (χ2v) is 7.97. The van der Waals surface area contributed by atoms with Crippen molar-refractivity contribution in [3.63, 3.8) is 0 Å². The summed E-state index contributed by atoms with van der Waals surface area (Å²) < 4.78 is 7.46. The molecule has 0 spiro atoms. The van der Waals surface area contributed by atoms with Crippen LogP contribution in [0.5, 0.6) is 11.5 Å². The molecule has 0 aliphatic carbocycles. The number of para-hydroxylation sites is 1. The maximum atomic E-state index is 12.3. The quantitative estimate of drug-likeness (QED) is 0.289. The number of ether oxygens (including phenoxy) is 1. The van der Waals surface area contributed by atoms with Crippen molar-refractivity contribution in [1.29, 1.82) is 5.26 Å². The number of nitrogens with zero attached hydrogens (tertiary/aromatic N) is 3. The van der Waals surface area contributed by atoms with E-state index < -0.39 is 12.1 Å². The maximum absolute atomic E-state index is 12.3. The Morgan fingerprint density at radius 1 is 1.17 bits per heavy atom. The fourth-order valence-electron chi connectivity index (χ4n) is 3.52. The molecular formula is C26H26N6O3. The van der Waals surface area contributed by atoms with Gasteiger partial charge in [0.15, 0.2) is 0 Å². The minimum Gasteiger partial charge on any atom is -0.457 e. The molecule has 0 radical (unpaired) electrons. The Balaban J connectivity index is 1.57. The second-order valence-electron chi connectivity index (χ2n) is 7.97. The van der Waals surface area contributed by atoms with Crippen LogP contribution in [0.3, 0.4) is 0 Å². The molecule has 0 aliphatic heterocycles. The number of carbonyl (C=O) groups is 1. The van der Waals surface area contributed by atoms with Crippen LogP contribution in [0.15, 0.2) is 67.0 Å². The van der Waals surface area contributed by atoms with Crippen molar-refractivity contribution in [2.24, 2.45) is 0 Å². The van der Waals surface area contributed by atoms with Crippen molar-refractivity contribution >= 4 is 28.6 Å². The normalized spacial score (nSPS) is 11.5. The standard InChI is InChI=1S/C26H26N6O3/c1-3-20(33)15-28-26(34)31-23-16-32-25(17(23)2)24(18(13-27)14-29-32)30-19-9-11-22(12-10-19)35-21-7-5-4-6-8-21/h4-12,14,16,20,30,33H,3,15H2,1-2H3,(H2,28,31,34). The highest BCUT2D eigenvalue weighted by molar-refractivity contribution is 5.94. The van der Waals surface area contributed by atoms with Gasteiger partial charge >= 0.3 is 6.03 Å². The molecule has 35 heavy (non-hydrogen) atoms. The lowest BCUT2D eigenvalue weighted by atomic mass is 10.1. The van der Waals surface area contributed by atoms with Crippen LogP contribution in [0, 0.1) is 18.3 Å². The summed E-state index contributed by atoms with van der Waals surface area (Å²) in [5.41, 5.74) is 3.66. The molecule has 0 saturated carbocycles. The first-order valence-corrected chi connectivity index (χ1v) is 11.2. The Labute approximate surface area is 203 Å². The van der Waals surface area contributed by atoms with Gasteiger partial charge in [-0.3, -0.25) is 0 Å². The average Bonchev–Trinajstić information content (AvgIpc) is 3.19. The molecule has 9 nitrogen and oxygen atoms in total. The van der Waals surface area contributed by atoms with Gasteiger partial charge in [-0.15, -0.1) is 0 Å². The maximum Gasteiger partial charge on any atom is 0.319 e. The predicted octanol–water partition coefficient (Wildman–Crippen LogP) is 4.94. The molecular weight excluding hydrogens is 444 g/mol. The smallest absolute Gasteiger partial charge is 0.319 e. The topological polar surface area (TPSA) is 124 Å². The number of hydrogen-bond donors (Lipinski definition) is 4. The van der Waals surface area contributed by atoms with Gasteiger partial charge in [0.2, 0.25) is 0 Å². The van der Waals surface area contributed by atoms with Crippen molar-refractivity contribution < 1.29 is 14.6 Å². The molecule has 0 bridgehead atoms. The number of aryl methyl sites for hydroxylation is 1. The number of anilines is 3. The number of nitriles is 1. The number of amides is 2. The van der Waals surface area contributed by atoms with E-state index in [4.69, 9.17) is 4.74 Å². The van der Waals surface area contributed by atoms with E-state index in [-0.39, 0.29) is 6.54 Å². The molecule has 2 aromatic heterocycles. The summed E-state index contributed by atoms with van der Waals surface area (Å²) in [6, 6.07) is 18.7. The van der Waals surface area contributed by atoms with E-state index >= 15 is 0 Å². The third-order valence-corrected chi connectivity index (χ3v) is 5.50. The van der Waals surface area contributed by atoms with E-state index in [0.717, 1.165) is 17.0 Å². The number of rotatable bonds is 8. The summed E-state index contributed by atoms with van der Waals surface area (Å²) in [4.78, 5) is 12.3. The van der Waals surface area contributed by atoms with Crippen LogP contribution in [-0.4, -0.2) is 33.4 Å². The highest BCUT2D eigenvalue weighted by atomic mass is 16.5. The Bertz CT molecular complexity index is 1360. The molecule has 2 heterocycles. The van der Waals surface area contributed by atoms with Crippen LogP contribution in [0.1, 0.15) is 24.5 Å². The first-order valence-electron chi connectivity index (χ1n) is 11.2. The number of aromatic nitrogens is 2. The molecule has 2 aromatic carbocycles. The van der Waals surface area contributed by atoms with Crippen LogP contribution in [0.4, 0.5) is 21.9 Å². The molecule has 0 saturated heterocycles. The van der Waals surface area contributed by atoms with E-state index in [1.165, 1.54) is 6.20 Å². The second kappa shape index (κ2) is 10.6. The highest BCUT2D eigenvalue weighted by Crippen LogP contribution is 2.33. The fraction of sp³-hybridized carbons (Fsp3) is 0.192. The van der Waals surface area contributed by atoms with Crippen LogP contribution in [-0.2, 0) is 0 Å². The summed E-state index contributed by atoms with van der Waals surface area (Å²) in [5.74, 6) is 1.43. The summed E-state index contributed by atoms with van der Waals surface area (Å²) >= 11 is 0. The van der Waals surface area contributed by atoms with Crippen molar-refractivity contribution in [1.82, 2.24) is 14.9 Å². The van der Waals surface area contributed by atoms with E-state index in [1.54, 1.807) is 10.7 Å². The third-order valence-electron chi connectivity index (χ3n) is 5.50. The molecule has 4 rings (SSSR count). The van der Waals surface area contributed by atoms with E-state index in [0.29, 0.717) is 34.6 Å². The van der Waals surface area contributed by atoms with Crippen LogP contribution < -0.4 is 20.7 Å². The molecule has 0 aliphatic rings. The zero-order valence-electron chi connectivity index (χ0n) is 19.4. The molecule has 4 aromatic rings. The van der Waals surface area contributed by atoms with Gasteiger partial charge in [0.05, 0.1) is 41.0 Å². The van der Waals surface area contributed by atoms with Crippen LogP contribution in [0.25, 0.3) is 5.52 Å². The minimum absolute atomic E-state index is 0.155. The number of benzene rings is 2. The molecule has 2 amide bonds. The predicted molar refractivity (Wildman–Crippen MR) is 134 cm³/mol. The molecule has 0 fully saturated rings. The molecule has 1 atom stereocenters. The largest absolute Gasteiger partial charge is 0.457 e. The number of aliphatic hydroxyl groups is 1. The van der Waals surface area contributed by atoms with Gasteiger partial charge in [-0.05, 0) is 49.7 Å². The Morgan fingerprint density at radius 2 is 1.89 bits per heavy atom. The average molecular weight is 471 g/mol. The van der Waals surface area contributed by atoms with Gasteiger partial charge in [0, 0.05) is 17.8 Å². The van der Waals surface area contributed by atoms with Crippen molar-refractivity contribution in [2.75, 3.05) is 17.2 Å². The van der Waals surface area contributed by atoms with Crippen LogP contribution >= 0.6 is 0 Å². The van der Waals surface area contributed by atoms with Gasteiger partial charge in [-0.2, -0.15) is 10.4 Å². The molecule has 1 unspecified atom stereocenters. The minimum atomic E-state index is -0.602. The number of urea groups is 1. The number of hydrogen-bond acceptors (Lipinski definition) is 6. The van der Waals surface area contributed by atoms with Gasteiger partial charge in [0.1, 0.15) is 17.6 Å². The van der Waals surface area contributed by atoms with Gasteiger partial charge in [0.25, 0.3) is 0 Å². The molecule has 178 valence electrons. The zero-order valence-corrected chi connectivity index (χ0v) is 19.4. The number of fused-ring (bicyclic) bond motifs is 1. The van der Waals surface area contributed by atoms with Gasteiger partial charge < -0.3 is 25.8 Å². The lowest BCUT2D eigenvalue weighted by Crippen LogP contribution is -2.35. The van der Waals surface area contributed by atoms with Crippen molar-refractivity contribution in [3.8, 4) is 17.6 Å². The Hall–Kier alpha value is -4.55. The summed E-state index contributed by atoms with van der Waals surface area (Å²) in [6.45, 7) is 3.84. The summed E-state index contributed by atoms with van der Waals surface area (Å²) in [7, 11) is 0. The van der Waals surface area contributed by atoms with Crippen LogP contribution in [0.2, 0.25) is 0 Å². The summed E-state index contributed by atoms with van der Waals surface area (Å²) in [6.07, 6.45) is 3.10. The van der Waals surface area contributed by atoms with Crippen molar-refractivity contribution in [2.45, 2.75) is 26.4 Å². The number of aliphatic hydroxyl groups excluding tert-OH is 1. The van der Waals surface area contributed by atoms with E-state index in [2.05, 4.69) is 27.1 Å². The molecule has 9 heteroatoms. The Morgan fingerprint density at radius 3 is 2.57 bits per heavy atom. The lowest BCUT2D eigenvalue weighted by Gasteiger charge is -2.12. The van der Waals surface area contributed by atoms with E-state index in [1.807, 2.05) is 68.4 Å². The lowest BCUT2D eigenvalue weighted by molar-refractivity contribution is 0.168. The number of carbonyl (C=O) groups excluding carboxylic acids is 1. The Kier molecular flexibility index (Phi) is 7.14. The summed E-state index contributed by atoms with van der Waals surface area (Å²) in [5, 5.41) is 32.4. The SMILES string of the molecule is CCC(O)CNC(=O)Nc1cn2ncc(C#N)c(Nc3ccc(Oc4ccccc4)cc3)c2c1C. The zero-order chi connectivity index (χ0) is 24.8. The first-order chi connectivity index (χ1) is 17.0. The number of nitrogens with one attached hydrogen (secondary N) is 3. The van der Waals surface area contributed by atoms with Gasteiger partial charge in [-0.25, -0.2) is 9.31 Å². The first kappa shape index (κ1) is 23.6. The van der Waals surface area contributed by atoms with Gasteiger partial charge in [-0.1, -0.05) is 25.1 Å². The monoisotopic (exact) mass is 470 g/mol.